The van der Waals surface area contributed by atoms with Crippen LogP contribution in [-0.4, -0.2) is 23.7 Å². The van der Waals surface area contributed by atoms with Crippen molar-refractivity contribution in [2.24, 2.45) is 0 Å². The number of carboxylic acids is 1. The van der Waals surface area contributed by atoms with Gasteiger partial charge in [-0.2, -0.15) is 0 Å². The second-order valence-electron chi connectivity index (χ2n) is 4.54. The van der Waals surface area contributed by atoms with Gasteiger partial charge in [0.2, 0.25) is 0 Å². The highest BCUT2D eigenvalue weighted by Gasteiger charge is 2.24. The highest BCUT2D eigenvalue weighted by molar-refractivity contribution is 7.10. The van der Waals surface area contributed by atoms with Crippen LogP contribution in [0, 0.1) is 0 Å². The molecule has 1 heterocycles. The van der Waals surface area contributed by atoms with Crippen LogP contribution in [0.25, 0.3) is 0 Å². The molecule has 0 bridgehead atoms. The van der Waals surface area contributed by atoms with Crippen LogP contribution in [0.1, 0.15) is 32.1 Å². The maximum Gasteiger partial charge on any atom is 0.320 e. The van der Waals surface area contributed by atoms with Crippen molar-refractivity contribution >= 4 is 17.3 Å². The van der Waals surface area contributed by atoms with E-state index in [-0.39, 0.29) is 5.41 Å². The standard InChI is InChI=1S/C12H19NO2S/c1-4-9(11(14)15)13-8-12(2,3)10-6-5-7-16-10/h5-7,9,13H,4,8H2,1-3H3,(H,14,15). The molecule has 0 aliphatic carbocycles. The molecule has 0 aromatic carbocycles. The summed E-state index contributed by atoms with van der Waals surface area (Å²) in [6.45, 7) is 6.81. The Morgan fingerprint density at radius 2 is 2.31 bits per heavy atom. The summed E-state index contributed by atoms with van der Waals surface area (Å²) in [5, 5.41) is 14.1. The first-order valence-electron chi connectivity index (χ1n) is 5.47. The molecule has 1 unspecified atom stereocenters. The van der Waals surface area contributed by atoms with Gasteiger partial charge < -0.3 is 10.4 Å². The zero-order valence-corrected chi connectivity index (χ0v) is 10.8. The third kappa shape index (κ3) is 3.32. The van der Waals surface area contributed by atoms with Crippen LogP contribution in [0.2, 0.25) is 0 Å². The molecule has 0 amide bonds. The van der Waals surface area contributed by atoms with Gasteiger partial charge in [0.15, 0.2) is 0 Å². The first-order chi connectivity index (χ1) is 7.47. The molecule has 0 aliphatic rings. The fourth-order valence-corrected chi connectivity index (χ4v) is 2.39. The molecule has 1 rings (SSSR count). The van der Waals surface area contributed by atoms with Gasteiger partial charge in [0.25, 0.3) is 0 Å². The molecule has 0 aliphatic heterocycles. The van der Waals surface area contributed by atoms with E-state index in [9.17, 15) is 4.79 Å². The van der Waals surface area contributed by atoms with E-state index >= 15 is 0 Å². The Labute approximate surface area is 100 Å². The lowest BCUT2D eigenvalue weighted by Gasteiger charge is -2.25. The number of carboxylic acid groups (broad SMARTS) is 1. The first-order valence-corrected chi connectivity index (χ1v) is 6.35. The molecule has 0 radical (unpaired) electrons. The second kappa shape index (κ2) is 5.46. The van der Waals surface area contributed by atoms with Gasteiger partial charge in [-0.15, -0.1) is 11.3 Å². The molecular formula is C12H19NO2S. The van der Waals surface area contributed by atoms with Crippen molar-refractivity contribution in [3.05, 3.63) is 22.4 Å². The monoisotopic (exact) mass is 241 g/mol. The SMILES string of the molecule is CCC(NCC(C)(C)c1cccs1)C(=O)O. The molecule has 2 N–H and O–H groups in total. The molecule has 0 saturated carbocycles. The van der Waals surface area contributed by atoms with Crippen molar-refractivity contribution in [3.63, 3.8) is 0 Å². The molecule has 3 nitrogen and oxygen atoms in total. The maximum absolute atomic E-state index is 10.9. The normalized spacial score (nSPS) is 13.7. The predicted octanol–water partition coefficient (Wildman–Crippen LogP) is 2.48. The molecule has 1 aromatic rings. The number of hydrogen-bond donors (Lipinski definition) is 2. The van der Waals surface area contributed by atoms with Gasteiger partial charge in [-0.25, -0.2) is 0 Å². The smallest absolute Gasteiger partial charge is 0.320 e. The van der Waals surface area contributed by atoms with Gasteiger partial charge >= 0.3 is 5.97 Å². The van der Waals surface area contributed by atoms with Crippen LogP contribution >= 0.6 is 11.3 Å². The van der Waals surface area contributed by atoms with Crippen molar-refractivity contribution < 1.29 is 9.90 Å². The topological polar surface area (TPSA) is 49.3 Å². The predicted molar refractivity (Wildman–Crippen MR) is 67.1 cm³/mol. The number of aliphatic carboxylic acids is 1. The van der Waals surface area contributed by atoms with Crippen LogP contribution < -0.4 is 5.32 Å². The Morgan fingerprint density at radius 3 is 2.75 bits per heavy atom. The Kier molecular flexibility index (Phi) is 4.50. The summed E-state index contributed by atoms with van der Waals surface area (Å²) in [5.41, 5.74) is -0.0168. The molecule has 16 heavy (non-hydrogen) atoms. The lowest BCUT2D eigenvalue weighted by molar-refractivity contribution is -0.139. The summed E-state index contributed by atoms with van der Waals surface area (Å²) >= 11 is 1.71. The van der Waals surface area contributed by atoms with Gasteiger partial charge in [-0.05, 0) is 17.9 Å². The van der Waals surface area contributed by atoms with Crippen molar-refractivity contribution in [2.45, 2.75) is 38.6 Å². The summed E-state index contributed by atoms with van der Waals surface area (Å²) in [7, 11) is 0. The Bertz CT molecular complexity index is 333. The average molecular weight is 241 g/mol. The molecule has 0 fully saturated rings. The zero-order valence-electron chi connectivity index (χ0n) is 9.99. The minimum atomic E-state index is -0.774. The van der Waals surface area contributed by atoms with Crippen LogP contribution in [-0.2, 0) is 10.2 Å². The Hall–Kier alpha value is -0.870. The number of nitrogens with one attached hydrogen (secondary N) is 1. The van der Waals surface area contributed by atoms with Gasteiger partial charge in [0.1, 0.15) is 6.04 Å². The van der Waals surface area contributed by atoms with Gasteiger partial charge in [-0.3, -0.25) is 4.79 Å². The average Bonchev–Trinajstić information content (AvgIpc) is 2.71. The van der Waals surface area contributed by atoms with Crippen LogP contribution in [0.5, 0.6) is 0 Å². The third-order valence-corrected chi connectivity index (χ3v) is 3.92. The summed E-state index contributed by atoms with van der Waals surface area (Å²) in [4.78, 5) is 12.2. The van der Waals surface area contributed by atoms with E-state index in [4.69, 9.17) is 5.11 Å². The molecule has 4 heteroatoms. The molecular weight excluding hydrogens is 222 g/mol. The van der Waals surface area contributed by atoms with E-state index in [0.29, 0.717) is 13.0 Å². The summed E-state index contributed by atoms with van der Waals surface area (Å²) in [5.74, 6) is -0.774. The van der Waals surface area contributed by atoms with Crippen LogP contribution in [0.4, 0.5) is 0 Å². The van der Waals surface area contributed by atoms with Gasteiger partial charge in [0.05, 0.1) is 0 Å². The third-order valence-electron chi connectivity index (χ3n) is 2.68. The fraction of sp³-hybridized carbons (Fsp3) is 0.583. The van der Waals surface area contributed by atoms with Gasteiger partial charge in [0, 0.05) is 16.8 Å². The maximum atomic E-state index is 10.9. The zero-order chi connectivity index (χ0) is 12.2. The molecule has 90 valence electrons. The van der Waals surface area contributed by atoms with E-state index in [0.717, 1.165) is 0 Å². The van der Waals surface area contributed by atoms with Crippen molar-refractivity contribution in [1.29, 1.82) is 0 Å². The number of hydrogen-bond acceptors (Lipinski definition) is 3. The second-order valence-corrected chi connectivity index (χ2v) is 5.49. The largest absolute Gasteiger partial charge is 0.480 e. The highest BCUT2D eigenvalue weighted by Crippen LogP contribution is 2.26. The minimum Gasteiger partial charge on any atom is -0.480 e. The van der Waals surface area contributed by atoms with Crippen LogP contribution in [0.15, 0.2) is 17.5 Å². The molecule has 0 saturated heterocycles. The number of thiophene rings is 1. The Morgan fingerprint density at radius 1 is 1.62 bits per heavy atom. The summed E-state index contributed by atoms with van der Waals surface area (Å²) in [6, 6.07) is 3.67. The van der Waals surface area contributed by atoms with Gasteiger partial charge in [-0.1, -0.05) is 26.8 Å². The Balaban J connectivity index is 2.57. The quantitative estimate of drug-likeness (QED) is 0.804. The van der Waals surface area contributed by atoms with E-state index in [1.54, 1.807) is 11.3 Å². The van der Waals surface area contributed by atoms with E-state index in [1.165, 1.54) is 4.88 Å². The highest BCUT2D eigenvalue weighted by atomic mass is 32.1. The van der Waals surface area contributed by atoms with Crippen molar-refractivity contribution in [1.82, 2.24) is 5.32 Å². The first kappa shape index (κ1) is 13.2. The lowest BCUT2D eigenvalue weighted by atomic mass is 9.91. The molecule has 1 aromatic heterocycles. The summed E-state index contributed by atoms with van der Waals surface area (Å²) < 4.78 is 0. The minimum absolute atomic E-state index is 0.0168. The molecule has 1 atom stereocenters. The fourth-order valence-electron chi connectivity index (χ4n) is 1.54. The van der Waals surface area contributed by atoms with Crippen LogP contribution in [0.3, 0.4) is 0 Å². The summed E-state index contributed by atoms with van der Waals surface area (Å²) in [6.07, 6.45) is 0.607. The number of carbonyl (C=O) groups is 1. The van der Waals surface area contributed by atoms with Crippen molar-refractivity contribution in [2.75, 3.05) is 6.54 Å². The lowest BCUT2D eigenvalue weighted by Crippen LogP contribution is -2.42. The van der Waals surface area contributed by atoms with E-state index in [2.05, 4.69) is 25.2 Å². The molecule has 0 spiro atoms. The van der Waals surface area contributed by atoms with E-state index < -0.39 is 12.0 Å². The van der Waals surface area contributed by atoms with E-state index in [1.807, 2.05) is 18.4 Å². The van der Waals surface area contributed by atoms with Crippen molar-refractivity contribution in [3.8, 4) is 0 Å². The number of rotatable bonds is 6.